The van der Waals surface area contributed by atoms with E-state index >= 15 is 0 Å². The van der Waals surface area contributed by atoms with Gasteiger partial charge in [0.1, 0.15) is 16.8 Å². The van der Waals surface area contributed by atoms with E-state index in [1.165, 1.54) is 13.2 Å². The number of sulfonamides is 1. The van der Waals surface area contributed by atoms with Gasteiger partial charge in [-0.3, -0.25) is 14.5 Å². The minimum Gasteiger partial charge on any atom is -0.497 e. The summed E-state index contributed by atoms with van der Waals surface area (Å²) in [5.74, 6) is -0.818. The minimum absolute atomic E-state index is 0.0280. The first-order valence-electron chi connectivity index (χ1n) is 9.37. The van der Waals surface area contributed by atoms with Crippen LogP contribution in [0.15, 0.2) is 70.5 Å². The Labute approximate surface area is 189 Å². The van der Waals surface area contributed by atoms with Crippen molar-refractivity contribution in [1.82, 2.24) is 4.90 Å². The summed E-state index contributed by atoms with van der Waals surface area (Å²) in [7, 11) is -2.65. The fourth-order valence-electron chi connectivity index (χ4n) is 2.82. The van der Waals surface area contributed by atoms with Crippen LogP contribution < -0.4 is 10.1 Å². The third-order valence-corrected chi connectivity index (χ3v) is 6.96. The van der Waals surface area contributed by atoms with Gasteiger partial charge in [0.15, 0.2) is 5.17 Å². The minimum atomic E-state index is -4.18. The molecule has 11 heteroatoms. The van der Waals surface area contributed by atoms with Crippen LogP contribution in [0.4, 0.5) is 10.1 Å². The molecular weight excluding hydrogens is 457 g/mol. The zero-order valence-corrected chi connectivity index (χ0v) is 18.7. The van der Waals surface area contributed by atoms with Gasteiger partial charge in [-0.2, -0.15) is 8.42 Å². The summed E-state index contributed by atoms with van der Waals surface area (Å²) in [6.45, 7) is 3.60. The number of amides is 2. The quantitative estimate of drug-likeness (QED) is 0.586. The van der Waals surface area contributed by atoms with Gasteiger partial charge >= 0.3 is 0 Å². The summed E-state index contributed by atoms with van der Waals surface area (Å²) in [6.07, 6.45) is 1.25. The number of benzene rings is 2. The molecule has 0 spiro atoms. The number of hydrogen-bond donors (Lipinski definition) is 1. The zero-order valence-electron chi connectivity index (χ0n) is 17.0. The second-order valence-electron chi connectivity index (χ2n) is 6.63. The lowest BCUT2D eigenvalue weighted by Crippen LogP contribution is -2.33. The van der Waals surface area contributed by atoms with E-state index < -0.39 is 32.9 Å². The van der Waals surface area contributed by atoms with Crippen molar-refractivity contribution in [1.29, 1.82) is 0 Å². The number of carbonyl (C=O) groups is 2. The third kappa shape index (κ3) is 5.54. The number of ether oxygens (including phenoxy) is 1. The molecule has 1 saturated heterocycles. The summed E-state index contributed by atoms with van der Waals surface area (Å²) in [5, 5.41) is 1.77. The second kappa shape index (κ2) is 9.96. The van der Waals surface area contributed by atoms with E-state index in [0.29, 0.717) is 11.4 Å². The molecule has 1 N–H and O–H groups in total. The maximum atomic E-state index is 13.1. The summed E-state index contributed by atoms with van der Waals surface area (Å²) >= 11 is 0.881. The summed E-state index contributed by atoms with van der Waals surface area (Å²) in [6, 6.07) is 10.9. The van der Waals surface area contributed by atoms with Gasteiger partial charge in [0, 0.05) is 18.7 Å². The second-order valence-corrected chi connectivity index (χ2v) is 9.40. The molecule has 1 unspecified atom stereocenters. The largest absolute Gasteiger partial charge is 0.497 e. The molecule has 0 aliphatic carbocycles. The van der Waals surface area contributed by atoms with Crippen molar-refractivity contribution in [2.24, 2.45) is 4.40 Å². The van der Waals surface area contributed by atoms with Crippen molar-refractivity contribution in [3.63, 3.8) is 0 Å². The van der Waals surface area contributed by atoms with Crippen molar-refractivity contribution in [2.45, 2.75) is 16.6 Å². The molecule has 168 valence electrons. The van der Waals surface area contributed by atoms with Gasteiger partial charge in [-0.15, -0.1) is 11.0 Å². The van der Waals surface area contributed by atoms with Crippen LogP contribution in [-0.4, -0.2) is 49.2 Å². The number of rotatable bonds is 8. The van der Waals surface area contributed by atoms with E-state index in [4.69, 9.17) is 4.74 Å². The van der Waals surface area contributed by atoms with E-state index in [1.54, 1.807) is 24.3 Å². The monoisotopic (exact) mass is 477 g/mol. The molecule has 32 heavy (non-hydrogen) atoms. The Kier molecular flexibility index (Phi) is 7.31. The molecule has 1 heterocycles. The van der Waals surface area contributed by atoms with Gasteiger partial charge in [-0.1, -0.05) is 17.8 Å². The van der Waals surface area contributed by atoms with Crippen molar-refractivity contribution in [3.05, 3.63) is 67.0 Å². The van der Waals surface area contributed by atoms with Crippen LogP contribution in [0, 0.1) is 5.82 Å². The number of methoxy groups -OCH3 is 1. The molecule has 0 aromatic heterocycles. The van der Waals surface area contributed by atoms with Crippen LogP contribution in [-0.2, 0) is 19.6 Å². The molecule has 8 nitrogen and oxygen atoms in total. The third-order valence-electron chi connectivity index (χ3n) is 4.39. The molecule has 0 bridgehead atoms. The first kappa shape index (κ1) is 23.5. The van der Waals surface area contributed by atoms with Crippen LogP contribution in [0.5, 0.6) is 5.75 Å². The number of halogens is 1. The van der Waals surface area contributed by atoms with E-state index in [2.05, 4.69) is 16.3 Å². The predicted molar refractivity (Wildman–Crippen MR) is 121 cm³/mol. The molecule has 2 amide bonds. The van der Waals surface area contributed by atoms with Gasteiger partial charge in [0.05, 0.1) is 12.0 Å². The first-order chi connectivity index (χ1) is 15.2. The van der Waals surface area contributed by atoms with E-state index in [-0.39, 0.29) is 23.0 Å². The molecule has 1 aliphatic heterocycles. The summed E-state index contributed by atoms with van der Waals surface area (Å²) in [5.41, 5.74) is 0.530. The smallest absolute Gasteiger partial charge is 0.284 e. The van der Waals surface area contributed by atoms with E-state index in [1.807, 2.05) is 0 Å². The summed E-state index contributed by atoms with van der Waals surface area (Å²) in [4.78, 5) is 26.2. The lowest BCUT2D eigenvalue weighted by Gasteiger charge is -2.13. The van der Waals surface area contributed by atoms with Crippen LogP contribution in [0.1, 0.15) is 6.42 Å². The highest BCUT2D eigenvalue weighted by Crippen LogP contribution is 2.31. The van der Waals surface area contributed by atoms with Crippen LogP contribution in [0.2, 0.25) is 0 Å². The number of thioether (sulfide) groups is 1. The molecule has 1 atom stereocenters. The van der Waals surface area contributed by atoms with E-state index in [0.717, 1.165) is 40.9 Å². The Morgan fingerprint density at radius 3 is 2.50 bits per heavy atom. The Morgan fingerprint density at radius 1 is 1.25 bits per heavy atom. The number of carbonyl (C=O) groups excluding carboxylic acids is 2. The fraction of sp³-hybridized carbons (Fsp3) is 0.190. The van der Waals surface area contributed by atoms with Crippen LogP contribution in [0.25, 0.3) is 0 Å². The average molecular weight is 478 g/mol. The van der Waals surface area contributed by atoms with Gasteiger partial charge in [-0.25, -0.2) is 4.39 Å². The van der Waals surface area contributed by atoms with Crippen LogP contribution >= 0.6 is 11.8 Å². The number of amidine groups is 1. The number of nitrogens with one attached hydrogen (secondary N) is 1. The Balaban J connectivity index is 1.76. The number of hydrogen-bond acceptors (Lipinski definition) is 6. The zero-order chi connectivity index (χ0) is 23.3. The number of nitrogens with zero attached hydrogens (tertiary/aromatic N) is 2. The van der Waals surface area contributed by atoms with Crippen molar-refractivity contribution in [2.75, 3.05) is 19.0 Å². The maximum absolute atomic E-state index is 13.1. The Hall–Kier alpha value is -3.18. The van der Waals surface area contributed by atoms with Crippen LogP contribution in [0.3, 0.4) is 0 Å². The molecule has 1 fully saturated rings. The molecular formula is C21H20FN3O5S2. The topological polar surface area (TPSA) is 105 Å². The molecule has 0 radical (unpaired) electrons. The highest BCUT2D eigenvalue weighted by molar-refractivity contribution is 8.16. The predicted octanol–water partition coefficient (Wildman–Crippen LogP) is 3.04. The van der Waals surface area contributed by atoms with Crippen molar-refractivity contribution < 1.29 is 27.1 Å². The van der Waals surface area contributed by atoms with Gasteiger partial charge < -0.3 is 10.1 Å². The maximum Gasteiger partial charge on any atom is 0.284 e. The highest BCUT2D eigenvalue weighted by Gasteiger charge is 2.39. The number of anilines is 1. The molecule has 0 saturated carbocycles. The molecule has 1 aliphatic rings. The fourth-order valence-corrected chi connectivity index (χ4v) is 5.19. The SMILES string of the molecule is C=CCN1C(=O)C(CC(=O)Nc2ccc(OC)cc2)S/C1=N/S(=O)(=O)c1ccc(F)cc1. The highest BCUT2D eigenvalue weighted by atomic mass is 32.2. The van der Waals surface area contributed by atoms with Gasteiger partial charge in [-0.05, 0) is 48.5 Å². The lowest BCUT2D eigenvalue weighted by atomic mass is 10.2. The van der Waals surface area contributed by atoms with E-state index in [9.17, 15) is 22.4 Å². The summed E-state index contributed by atoms with van der Waals surface area (Å²) < 4.78 is 47.1. The Bertz CT molecular complexity index is 1150. The van der Waals surface area contributed by atoms with Gasteiger partial charge in [0.25, 0.3) is 10.0 Å². The average Bonchev–Trinajstić information content (AvgIpc) is 3.03. The standard InChI is InChI=1S/C21H20FN3O5S2/c1-3-12-25-20(27)18(13-19(26)23-15-6-8-16(30-2)9-7-15)31-21(25)24-32(28,29)17-10-4-14(22)5-11-17/h3-11,18H,1,12-13H2,2H3,(H,23,26)/b24-21+. The normalized spacial score (nSPS) is 17.4. The van der Waals surface area contributed by atoms with Crippen molar-refractivity contribution in [3.8, 4) is 5.75 Å². The Morgan fingerprint density at radius 2 is 1.91 bits per heavy atom. The molecule has 2 aromatic carbocycles. The molecule has 3 rings (SSSR count). The first-order valence-corrected chi connectivity index (χ1v) is 11.7. The van der Waals surface area contributed by atoms with Crippen molar-refractivity contribution >= 4 is 44.5 Å². The van der Waals surface area contributed by atoms with Gasteiger partial charge in [0.2, 0.25) is 11.8 Å². The lowest BCUT2D eigenvalue weighted by molar-refractivity contribution is -0.127. The molecule has 2 aromatic rings.